The van der Waals surface area contributed by atoms with E-state index in [2.05, 4.69) is 0 Å². The number of amides is 3. The highest BCUT2D eigenvalue weighted by Crippen LogP contribution is 2.39. The standard InChI is InChI=1S/C22H19Cl2N3O5/c23-17-10-9-13(11-18(17)24)12-25(20(28)16-7-3-4-8-19(16)27(31)32)26-21(29)14-5-1-2-6-15(14)22(26)30/h3-4,7-11,14-15H,1-2,5-6,12H2/t14-,15-/m0/s1. The van der Waals surface area contributed by atoms with Crippen molar-refractivity contribution in [3.05, 3.63) is 73.8 Å². The Morgan fingerprint density at radius 1 is 1.03 bits per heavy atom. The first-order valence-electron chi connectivity index (χ1n) is 10.2. The molecule has 0 radical (unpaired) electrons. The summed E-state index contributed by atoms with van der Waals surface area (Å²) in [5.41, 5.74) is -0.108. The molecular formula is C22H19Cl2N3O5. The van der Waals surface area contributed by atoms with Gasteiger partial charge < -0.3 is 0 Å². The summed E-state index contributed by atoms with van der Waals surface area (Å²) in [6.45, 7) is -0.182. The normalized spacial score (nSPS) is 20.2. The summed E-state index contributed by atoms with van der Waals surface area (Å²) in [7, 11) is 0. The molecule has 0 bridgehead atoms. The topological polar surface area (TPSA) is 101 Å². The lowest BCUT2D eigenvalue weighted by Gasteiger charge is -2.30. The van der Waals surface area contributed by atoms with Gasteiger partial charge in [0.05, 0.1) is 33.3 Å². The Morgan fingerprint density at radius 2 is 1.66 bits per heavy atom. The summed E-state index contributed by atoms with van der Waals surface area (Å²) in [6, 6.07) is 10.1. The third-order valence-electron chi connectivity index (χ3n) is 5.94. The maximum atomic E-state index is 13.5. The van der Waals surface area contributed by atoms with E-state index < -0.39 is 40.2 Å². The second-order valence-electron chi connectivity index (χ2n) is 7.87. The van der Waals surface area contributed by atoms with Crippen molar-refractivity contribution in [2.24, 2.45) is 11.8 Å². The summed E-state index contributed by atoms with van der Waals surface area (Å²) in [4.78, 5) is 50.7. The van der Waals surface area contributed by atoms with Crippen LogP contribution in [0.15, 0.2) is 42.5 Å². The first-order valence-corrected chi connectivity index (χ1v) is 10.9. The van der Waals surface area contributed by atoms with Gasteiger partial charge >= 0.3 is 0 Å². The first kappa shape index (κ1) is 22.2. The maximum Gasteiger partial charge on any atom is 0.282 e. The zero-order valence-electron chi connectivity index (χ0n) is 16.9. The number of halogens is 2. The minimum Gasteiger partial charge on any atom is -0.272 e. The van der Waals surface area contributed by atoms with Gasteiger partial charge in [-0.25, -0.2) is 5.01 Å². The van der Waals surface area contributed by atoms with Crippen molar-refractivity contribution in [3.63, 3.8) is 0 Å². The lowest BCUT2D eigenvalue weighted by Crippen LogP contribution is -2.49. The van der Waals surface area contributed by atoms with Crippen LogP contribution in [0.5, 0.6) is 0 Å². The van der Waals surface area contributed by atoms with Crippen molar-refractivity contribution in [1.82, 2.24) is 10.0 Å². The highest BCUT2D eigenvalue weighted by molar-refractivity contribution is 6.42. The van der Waals surface area contributed by atoms with Gasteiger partial charge in [-0.1, -0.05) is 54.2 Å². The van der Waals surface area contributed by atoms with Gasteiger partial charge in [-0.3, -0.25) is 24.5 Å². The molecule has 2 aromatic carbocycles. The molecule has 166 valence electrons. The molecule has 2 aliphatic rings. The van der Waals surface area contributed by atoms with Crippen LogP contribution in [0.4, 0.5) is 5.69 Å². The fourth-order valence-electron chi connectivity index (χ4n) is 4.38. The zero-order valence-corrected chi connectivity index (χ0v) is 18.4. The number of carbonyl (C=O) groups is 3. The molecule has 10 heteroatoms. The van der Waals surface area contributed by atoms with Gasteiger partial charge in [-0.15, -0.1) is 0 Å². The number of nitrogens with zero attached hydrogens (tertiary/aromatic N) is 3. The monoisotopic (exact) mass is 475 g/mol. The Morgan fingerprint density at radius 3 is 2.25 bits per heavy atom. The minimum absolute atomic E-state index is 0.182. The molecule has 1 heterocycles. The number of hydrogen-bond acceptors (Lipinski definition) is 5. The summed E-state index contributed by atoms with van der Waals surface area (Å²) in [5.74, 6) is -2.68. The van der Waals surface area contributed by atoms with E-state index in [9.17, 15) is 24.5 Å². The van der Waals surface area contributed by atoms with Gasteiger partial charge in [0.2, 0.25) is 0 Å². The maximum absolute atomic E-state index is 13.5. The SMILES string of the molecule is O=C(c1ccccc1[N+](=O)[O-])N(Cc1ccc(Cl)c(Cl)c1)N1C(=O)[C@H]2CCCC[C@@H]2C1=O. The summed E-state index contributed by atoms with van der Waals surface area (Å²) in [6.07, 6.45) is 2.82. The largest absolute Gasteiger partial charge is 0.282 e. The van der Waals surface area contributed by atoms with Crippen LogP contribution in [0.3, 0.4) is 0 Å². The van der Waals surface area contributed by atoms with E-state index >= 15 is 0 Å². The van der Waals surface area contributed by atoms with Crippen LogP contribution < -0.4 is 0 Å². The van der Waals surface area contributed by atoms with Crippen molar-refractivity contribution in [1.29, 1.82) is 0 Å². The number of hydrogen-bond donors (Lipinski definition) is 0. The molecule has 2 atom stereocenters. The Bertz CT molecular complexity index is 1100. The van der Waals surface area contributed by atoms with E-state index in [4.69, 9.17) is 23.2 Å². The van der Waals surface area contributed by atoms with E-state index in [1.54, 1.807) is 12.1 Å². The van der Waals surface area contributed by atoms with E-state index in [0.29, 0.717) is 23.4 Å². The molecule has 4 rings (SSSR count). The average molecular weight is 476 g/mol. The molecule has 2 aromatic rings. The van der Waals surface area contributed by atoms with Gasteiger partial charge in [0.25, 0.3) is 23.4 Å². The molecule has 3 amide bonds. The molecule has 0 aromatic heterocycles. The van der Waals surface area contributed by atoms with Crippen molar-refractivity contribution < 1.29 is 19.3 Å². The second-order valence-corrected chi connectivity index (χ2v) is 8.69. The summed E-state index contributed by atoms with van der Waals surface area (Å²) in [5, 5.41) is 13.9. The molecular weight excluding hydrogens is 457 g/mol. The Hall–Kier alpha value is -2.97. The second kappa shape index (κ2) is 8.88. The van der Waals surface area contributed by atoms with E-state index in [0.717, 1.165) is 22.9 Å². The number of benzene rings is 2. The van der Waals surface area contributed by atoms with Gasteiger partial charge in [0.15, 0.2) is 0 Å². The Kier molecular flexibility index (Phi) is 6.17. The first-order chi connectivity index (χ1) is 15.3. The third kappa shape index (κ3) is 3.96. The average Bonchev–Trinajstić information content (AvgIpc) is 3.04. The number of hydrazine groups is 1. The van der Waals surface area contributed by atoms with Crippen molar-refractivity contribution in [3.8, 4) is 0 Å². The van der Waals surface area contributed by atoms with E-state index in [-0.39, 0.29) is 17.1 Å². The van der Waals surface area contributed by atoms with E-state index in [1.807, 2.05) is 0 Å². The number of nitro groups is 1. The van der Waals surface area contributed by atoms with Crippen LogP contribution in [0.1, 0.15) is 41.6 Å². The van der Waals surface area contributed by atoms with Gasteiger partial charge in [-0.05, 0) is 36.6 Å². The minimum atomic E-state index is -0.816. The fourth-order valence-corrected chi connectivity index (χ4v) is 4.70. The zero-order chi connectivity index (χ0) is 23.0. The fraction of sp³-hybridized carbons (Fsp3) is 0.318. The van der Waals surface area contributed by atoms with Crippen LogP contribution in [-0.2, 0) is 16.1 Å². The van der Waals surface area contributed by atoms with Crippen LogP contribution in [0.2, 0.25) is 10.0 Å². The van der Waals surface area contributed by atoms with Gasteiger partial charge in [0.1, 0.15) is 5.56 Å². The molecule has 2 fully saturated rings. The molecule has 1 aliphatic carbocycles. The van der Waals surface area contributed by atoms with Crippen molar-refractivity contribution >= 4 is 46.6 Å². The van der Waals surface area contributed by atoms with Crippen LogP contribution in [0, 0.1) is 22.0 Å². The lowest BCUT2D eigenvalue weighted by molar-refractivity contribution is -0.385. The van der Waals surface area contributed by atoms with Gasteiger partial charge in [0, 0.05) is 6.07 Å². The highest BCUT2D eigenvalue weighted by Gasteiger charge is 2.51. The lowest BCUT2D eigenvalue weighted by atomic mass is 9.81. The smallest absolute Gasteiger partial charge is 0.272 e. The number of fused-ring (bicyclic) bond motifs is 1. The van der Waals surface area contributed by atoms with Crippen molar-refractivity contribution in [2.45, 2.75) is 32.2 Å². The molecule has 32 heavy (non-hydrogen) atoms. The third-order valence-corrected chi connectivity index (χ3v) is 6.68. The predicted octanol–water partition coefficient (Wildman–Crippen LogP) is 4.63. The van der Waals surface area contributed by atoms with Crippen LogP contribution >= 0.6 is 23.2 Å². The predicted molar refractivity (Wildman–Crippen MR) is 117 cm³/mol. The molecule has 1 saturated heterocycles. The number of rotatable bonds is 5. The van der Waals surface area contributed by atoms with Crippen LogP contribution in [-0.4, -0.2) is 32.7 Å². The number of para-hydroxylation sites is 1. The quantitative estimate of drug-likeness (QED) is 0.356. The Labute approximate surface area is 193 Å². The number of carbonyl (C=O) groups excluding carboxylic acids is 3. The highest BCUT2D eigenvalue weighted by atomic mass is 35.5. The summed E-state index contributed by atoms with van der Waals surface area (Å²) >= 11 is 12.1. The van der Waals surface area contributed by atoms with Crippen molar-refractivity contribution in [2.75, 3.05) is 0 Å². The molecule has 0 N–H and O–H groups in total. The van der Waals surface area contributed by atoms with Gasteiger partial charge in [-0.2, -0.15) is 5.01 Å². The molecule has 1 aliphatic heterocycles. The number of imide groups is 1. The van der Waals surface area contributed by atoms with Crippen LogP contribution in [0.25, 0.3) is 0 Å². The molecule has 0 unspecified atom stereocenters. The summed E-state index contributed by atoms with van der Waals surface area (Å²) < 4.78 is 0. The number of nitro benzene ring substituents is 1. The molecule has 0 spiro atoms. The molecule has 8 nitrogen and oxygen atoms in total. The molecule has 1 saturated carbocycles. The Balaban J connectivity index is 1.77. The van der Waals surface area contributed by atoms with E-state index in [1.165, 1.54) is 30.3 Å².